The lowest BCUT2D eigenvalue weighted by Crippen LogP contribution is -2.42. The van der Waals surface area contributed by atoms with Crippen LogP contribution in [0.4, 0.5) is 0 Å². The summed E-state index contributed by atoms with van der Waals surface area (Å²) in [6, 6.07) is 16.1. The number of aromatic nitrogens is 2. The van der Waals surface area contributed by atoms with Gasteiger partial charge >= 0.3 is 0 Å². The van der Waals surface area contributed by atoms with Gasteiger partial charge in [-0.25, -0.2) is 9.97 Å². The van der Waals surface area contributed by atoms with Gasteiger partial charge in [-0.3, -0.25) is 4.79 Å². The van der Waals surface area contributed by atoms with Crippen LogP contribution >= 0.6 is 0 Å². The fourth-order valence-electron chi connectivity index (χ4n) is 3.46. The number of fused-ring (bicyclic) bond motifs is 1. The minimum Gasteiger partial charge on any atom is -0.474 e. The molecule has 3 aromatic rings. The van der Waals surface area contributed by atoms with Crippen molar-refractivity contribution in [1.29, 1.82) is 0 Å². The van der Waals surface area contributed by atoms with E-state index >= 15 is 0 Å². The molecule has 0 bridgehead atoms. The highest BCUT2D eigenvalue weighted by Crippen LogP contribution is 2.21. The summed E-state index contributed by atoms with van der Waals surface area (Å²) in [5, 5.41) is 2.33. The minimum absolute atomic E-state index is 0.103. The van der Waals surface area contributed by atoms with E-state index in [2.05, 4.69) is 28.2 Å². The Bertz CT molecular complexity index is 885. The van der Waals surface area contributed by atoms with Crippen LogP contribution in [0.25, 0.3) is 10.8 Å². The highest BCUT2D eigenvalue weighted by molar-refractivity contribution is 5.90. The Morgan fingerprint density at radius 1 is 1.08 bits per heavy atom. The number of likely N-dealkylation sites (tertiary alicyclic amines) is 1. The third-order valence-electron chi connectivity index (χ3n) is 4.86. The molecule has 0 aliphatic carbocycles. The monoisotopic (exact) mass is 347 g/mol. The maximum atomic E-state index is 12.7. The number of nitrogens with zero attached hydrogens (tertiary/aromatic N) is 3. The maximum Gasteiger partial charge on any atom is 0.227 e. The molecule has 1 aliphatic rings. The minimum atomic E-state index is 0.103. The molecule has 0 radical (unpaired) electrons. The van der Waals surface area contributed by atoms with Crippen LogP contribution in [0.15, 0.2) is 61.1 Å². The first kappa shape index (κ1) is 16.5. The summed E-state index contributed by atoms with van der Waals surface area (Å²) in [7, 11) is 0. The van der Waals surface area contributed by atoms with E-state index in [1.165, 1.54) is 11.7 Å². The van der Waals surface area contributed by atoms with Crippen molar-refractivity contribution >= 4 is 16.7 Å². The molecule has 0 spiro atoms. The van der Waals surface area contributed by atoms with Gasteiger partial charge in [-0.05, 0) is 16.3 Å². The van der Waals surface area contributed by atoms with E-state index in [9.17, 15) is 4.79 Å². The van der Waals surface area contributed by atoms with Crippen molar-refractivity contribution in [3.8, 4) is 5.88 Å². The predicted octanol–water partition coefficient (Wildman–Crippen LogP) is 3.24. The predicted molar refractivity (Wildman–Crippen MR) is 99.9 cm³/mol. The first-order chi connectivity index (χ1) is 12.8. The summed E-state index contributed by atoms with van der Waals surface area (Å²) in [5.41, 5.74) is 1.09. The van der Waals surface area contributed by atoms with E-state index in [-0.39, 0.29) is 12.0 Å². The SMILES string of the molecule is O=C(Cc1cccc2ccccc12)N1CCC(Oc2ccncn2)CC1. The molecular formula is C21H21N3O2. The Kier molecular flexibility index (Phi) is 4.78. The van der Waals surface area contributed by atoms with Crippen LogP contribution in [-0.4, -0.2) is 40.0 Å². The third kappa shape index (κ3) is 3.67. The van der Waals surface area contributed by atoms with Crippen LogP contribution in [0.2, 0.25) is 0 Å². The molecule has 1 fully saturated rings. The van der Waals surface area contributed by atoms with Gasteiger partial charge in [0.05, 0.1) is 6.42 Å². The number of piperidine rings is 1. The van der Waals surface area contributed by atoms with Gasteiger partial charge in [-0.1, -0.05) is 42.5 Å². The summed E-state index contributed by atoms with van der Waals surface area (Å²) in [6.07, 6.45) is 5.35. The number of ether oxygens (including phenoxy) is 1. The van der Waals surface area contributed by atoms with Crippen LogP contribution < -0.4 is 4.74 Å². The van der Waals surface area contributed by atoms with Gasteiger partial charge in [-0.2, -0.15) is 0 Å². The Balaban J connectivity index is 1.36. The van der Waals surface area contributed by atoms with Crippen LogP contribution in [-0.2, 0) is 11.2 Å². The highest BCUT2D eigenvalue weighted by Gasteiger charge is 2.24. The Labute approximate surface area is 152 Å². The maximum absolute atomic E-state index is 12.7. The first-order valence-electron chi connectivity index (χ1n) is 8.97. The Morgan fingerprint density at radius 3 is 2.69 bits per heavy atom. The topological polar surface area (TPSA) is 55.3 Å². The zero-order chi connectivity index (χ0) is 17.8. The molecule has 2 heterocycles. The average molecular weight is 347 g/mol. The molecule has 5 heteroatoms. The third-order valence-corrected chi connectivity index (χ3v) is 4.86. The van der Waals surface area contributed by atoms with Crippen molar-refractivity contribution in [2.45, 2.75) is 25.4 Å². The number of amides is 1. The fraction of sp³-hybridized carbons (Fsp3) is 0.286. The van der Waals surface area contributed by atoms with E-state index in [4.69, 9.17) is 4.74 Å². The van der Waals surface area contributed by atoms with E-state index < -0.39 is 0 Å². The van der Waals surface area contributed by atoms with Gasteiger partial charge in [0.2, 0.25) is 11.8 Å². The smallest absolute Gasteiger partial charge is 0.227 e. The van der Waals surface area contributed by atoms with Gasteiger partial charge in [0.1, 0.15) is 12.4 Å². The number of rotatable bonds is 4. The zero-order valence-electron chi connectivity index (χ0n) is 14.5. The first-order valence-corrected chi connectivity index (χ1v) is 8.97. The molecular weight excluding hydrogens is 326 g/mol. The van der Waals surface area contributed by atoms with Gasteiger partial charge in [0, 0.05) is 38.2 Å². The molecule has 0 unspecified atom stereocenters. The van der Waals surface area contributed by atoms with Crippen molar-refractivity contribution in [3.63, 3.8) is 0 Å². The summed E-state index contributed by atoms with van der Waals surface area (Å²) < 4.78 is 5.87. The zero-order valence-corrected chi connectivity index (χ0v) is 14.5. The molecule has 1 aliphatic heterocycles. The summed E-state index contributed by atoms with van der Waals surface area (Å²) in [5.74, 6) is 0.780. The van der Waals surface area contributed by atoms with E-state index in [0.29, 0.717) is 12.3 Å². The number of benzene rings is 2. The average Bonchev–Trinajstić information content (AvgIpc) is 2.70. The largest absolute Gasteiger partial charge is 0.474 e. The standard InChI is InChI=1S/C21H21N3O2/c25-21(14-17-6-3-5-16-4-1-2-7-19(16)17)24-12-9-18(10-13-24)26-20-8-11-22-15-23-20/h1-8,11,15,18H,9-10,12-14H2. The van der Waals surface area contributed by atoms with Crippen molar-refractivity contribution in [2.24, 2.45) is 0 Å². The second kappa shape index (κ2) is 7.52. The van der Waals surface area contributed by atoms with Crippen LogP contribution in [0, 0.1) is 0 Å². The molecule has 0 N–H and O–H groups in total. The van der Waals surface area contributed by atoms with Crippen molar-refractivity contribution in [1.82, 2.24) is 14.9 Å². The van der Waals surface area contributed by atoms with E-state index in [1.54, 1.807) is 12.3 Å². The van der Waals surface area contributed by atoms with Gasteiger partial charge < -0.3 is 9.64 Å². The molecule has 1 aromatic heterocycles. The second-order valence-electron chi connectivity index (χ2n) is 6.56. The fourth-order valence-corrected chi connectivity index (χ4v) is 3.46. The molecule has 4 rings (SSSR count). The summed E-state index contributed by atoms with van der Waals surface area (Å²) >= 11 is 0. The van der Waals surface area contributed by atoms with Crippen molar-refractivity contribution in [3.05, 3.63) is 66.6 Å². The molecule has 0 saturated carbocycles. The lowest BCUT2D eigenvalue weighted by atomic mass is 10.0. The quantitative estimate of drug-likeness (QED) is 0.727. The number of hydrogen-bond donors (Lipinski definition) is 0. The van der Waals surface area contributed by atoms with Crippen LogP contribution in [0.3, 0.4) is 0 Å². The van der Waals surface area contributed by atoms with Gasteiger partial charge in [0.15, 0.2) is 0 Å². The van der Waals surface area contributed by atoms with Crippen LogP contribution in [0.1, 0.15) is 18.4 Å². The van der Waals surface area contributed by atoms with E-state index in [0.717, 1.165) is 36.9 Å². The Hall–Kier alpha value is -2.95. The molecule has 5 nitrogen and oxygen atoms in total. The number of carbonyl (C=O) groups is 1. The molecule has 1 saturated heterocycles. The van der Waals surface area contributed by atoms with Crippen LogP contribution in [0.5, 0.6) is 5.88 Å². The molecule has 132 valence electrons. The molecule has 26 heavy (non-hydrogen) atoms. The number of carbonyl (C=O) groups excluding carboxylic acids is 1. The summed E-state index contributed by atoms with van der Waals surface area (Å²) in [4.78, 5) is 22.7. The van der Waals surface area contributed by atoms with E-state index in [1.807, 2.05) is 29.2 Å². The normalized spacial score (nSPS) is 15.2. The number of hydrogen-bond acceptors (Lipinski definition) is 4. The lowest BCUT2D eigenvalue weighted by molar-refractivity contribution is -0.132. The summed E-state index contributed by atoms with van der Waals surface area (Å²) in [6.45, 7) is 1.44. The molecule has 1 amide bonds. The van der Waals surface area contributed by atoms with Crippen molar-refractivity contribution < 1.29 is 9.53 Å². The lowest BCUT2D eigenvalue weighted by Gasteiger charge is -2.32. The Morgan fingerprint density at radius 2 is 1.88 bits per heavy atom. The molecule has 0 atom stereocenters. The van der Waals surface area contributed by atoms with Crippen molar-refractivity contribution in [2.75, 3.05) is 13.1 Å². The second-order valence-corrected chi connectivity index (χ2v) is 6.56. The highest BCUT2D eigenvalue weighted by atomic mass is 16.5. The van der Waals surface area contributed by atoms with Gasteiger partial charge in [-0.15, -0.1) is 0 Å². The van der Waals surface area contributed by atoms with Gasteiger partial charge in [0.25, 0.3) is 0 Å². The molecule has 2 aromatic carbocycles.